The van der Waals surface area contributed by atoms with Crippen LogP contribution in [0.15, 0.2) is 59.5 Å². The second-order valence-electron chi connectivity index (χ2n) is 3.99. The monoisotopic (exact) mass is 270 g/mol. The van der Waals surface area contributed by atoms with E-state index in [4.69, 9.17) is 0 Å². The highest BCUT2D eigenvalue weighted by molar-refractivity contribution is 7.98. The lowest BCUT2D eigenvalue weighted by Crippen LogP contribution is -1.94. The zero-order valence-electron chi connectivity index (χ0n) is 10.5. The number of allylic oxidation sites excluding steroid dienone is 1. The minimum absolute atomic E-state index is 0.00915. The summed E-state index contributed by atoms with van der Waals surface area (Å²) in [5, 5.41) is 9.59. The van der Waals surface area contributed by atoms with Gasteiger partial charge in [-0.2, -0.15) is 0 Å². The van der Waals surface area contributed by atoms with Crippen molar-refractivity contribution < 1.29 is 9.90 Å². The predicted molar refractivity (Wildman–Crippen MR) is 79.7 cm³/mol. The highest BCUT2D eigenvalue weighted by Crippen LogP contribution is 2.18. The molecule has 1 N–H and O–H groups in total. The fraction of sp³-hybridized carbons (Fsp3) is 0.0625. The molecule has 0 fully saturated rings. The van der Waals surface area contributed by atoms with Crippen molar-refractivity contribution in [3.8, 4) is 5.75 Å². The molecule has 0 heterocycles. The largest absolute Gasteiger partial charge is 0.507 e. The maximum Gasteiger partial charge on any atom is 0.189 e. The summed E-state index contributed by atoms with van der Waals surface area (Å²) in [6.07, 6.45) is 5.24. The van der Waals surface area contributed by atoms with Gasteiger partial charge in [0.2, 0.25) is 0 Å². The van der Waals surface area contributed by atoms with Crippen LogP contribution in [-0.2, 0) is 0 Å². The van der Waals surface area contributed by atoms with Crippen molar-refractivity contribution in [3.63, 3.8) is 0 Å². The first-order valence-electron chi connectivity index (χ1n) is 5.85. The smallest absolute Gasteiger partial charge is 0.189 e. The topological polar surface area (TPSA) is 37.3 Å². The summed E-state index contributed by atoms with van der Waals surface area (Å²) in [4.78, 5) is 13.1. The molecule has 0 radical (unpaired) electrons. The Labute approximate surface area is 116 Å². The summed E-state index contributed by atoms with van der Waals surface area (Å²) in [6.45, 7) is 0. The molecule has 0 aliphatic heterocycles. The maximum atomic E-state index is 11.9. The number of rotatable bonds is 4. The Morgan fingerprint density at radius 3 is 2.42 bits per heavy atom. The first kappa shape index (κ1) is 13.4. The molecule has 0 unspecified atom stereocenters. The standard InChI is InChI=1S/C16H14O2S/c1-19-13-9-6-12(7-10-13)8-11-16(18)14-4-2-3-5-15(14)17/h2-11,17H,1H3. The Bertz CT molecular complexity index is 600. The quantitative estimate of drug-likeness (QED) is 0.518. The zero-order valence-corrected chi connectivity index (χ0v) is 11.4. The zero-order chi connectivity index (χ0) is 13.7. The molecule has 0 aliphatic carbocycles. The van der Waals surface area contributed by atoms with Gasteiger partial charge in [-0.3, -0.25) is 4.79 Å². The summed E-state index contributed by atoms with van der Waals surface area (Å²) < 4.78 is 0. The number of phenolic OH excluding ortho intramolecular Hbond substituents is 1. The molecular formula is C16H14O2S. The third-order valence-corrected chi connectivity index (χ3v) is 3.46. The Hall–Kier alpha value is -2.00. The highest BCUT2D eigenvalue weighted by atomic mass is 32.2. The van der Waals surface area contributed by atoms with E-state index in [0.29, 0.717) is 5.56 Å². The Morgan fingerprint density at radius 1 is 1.11 bits per heavy atom. The van der Waals surface area contributed by atoms with Crippen LogP contribution < -0.4 is 0 Å². The fourth-order valence-corrected chi connectivity index (χ4v) is 2.07. The number of hydrogen-bond acceptors (Lipinski definition) is 3. The molecule has 0 amide bonds. The predicted octanol–water partition coefficient (Wildman–Crippen LogP) is 4.01. The van der Waals surface area contributed by atoms with Crippen LogP contribution in [0.3, 0.4) is 0 Å². The minimum Gasteiger partial charge on any atom is -0.507 e. The van der Waals surface area contributed by atoms with Crippen molar-refractivity contribution >= 4 is 23.6 Å². The lowest BCUT2D eigenvalue weighted by atomic mass is 10.1. The van der Waals surface area contributed by atoms with Gasteiger partial charge in [-0.25, -0.2) is 0 Å². The van der Waals surface area contributed by atoms with Gasteiger partial charge < -0.3 is 5.11 Å². The van der Waals surface area contributed by atoms with Crippen LogP contribution in [0.2, 0.25) is 0 Å². The number of benzene rings is 2. The van der Waals surface area contributed by atoms with Gasteiger partial charge in [0, 0.05) is 4.90 Å². The number of carbonyl (C=O) groups is 1. The second-order valence-corrected chi connectivity index (χ2v) is 4.87. The minimum atomic E-state index is -0.202. The van der Waals surface area contributed by atoms with Crippen molar-refractivity contribution in [1.82, 2.24) is 0 Å². The molecule has 0 bridgehead atoms. The molecule has 19 heavy (non-hydrogen) atoms. The van der Waals surface area contributed by atoms with Gasteiger partial charge in [-0.05, 0) is 42.2 Å². The fourth-order valence-electron chi connectivity index (χ4n) is 1.66. The number of phenols is 1. The number of para-hydroxylation sites is 1. The molecule has 0 atom stereocenters. The van der Waals surface area contributed by atoms with E-state index in [-0.39, 0.29) is 11.5 Å². The Morgan fingerprint density at radius 2 is 1.79 bits per heavy atom. The number of ketones is 1. The lowest BCUT2D eigenvalue weighted by molar-refractivity contribution is 0.104. The van der Waals surface area contributed by atoms with Crippen LogP contribution in [0.4, 0.5) is 0 Å². The molecule has 0 saturated carbocycles. The van der Waals surface area contributed by atoms with E-state index in [0.717, 1.165) is 5.56 Å². The summed E-state index contributed by atoms with van der Waals surface area (Å²) in [7, 11) is 0. The van der Waals surface area contributed by atoms with Crippen LogP contribution >= 0.6 is 11.8 Å². The molecule has 0 saturated heterocycles. The Balaban J connectivity index is 2.14. The van der Waals surface area contributed by atoms with Gasteiger partial charge in [0.05, 0.1) is 5.56 Å². The lowest BCUT2D eigenvalue weighted by Gasteiger charge is -1.99. The van der Waals surface area contributed by atoms with Crippen molar-refractivity contribution in [2.75, 3.05) is 6.26 Å². The van der Waals surface area contributed by atoms with Gasteiger partial charge in [0.15, 0.2) is 5.78 Å². The summed E-state index contributed by atoms with van der Waals surface area (Å²) in [6, 6.07) is 14.5. The van der Waals surface area contributed by atoms with Gasteiger partial charge in [-0.1, -0.05) is 30.3 Å². The van der Waals surface area contributed by atoms with E-state index in [1.165, 1.54) is 17.0 Å². The number of hydrogen-bond donors (Lipinski definition) is 1. The van der Waals surface area contributed by atoms with E-state index >= 15 is 0 Å². The van der Waals surface area contributed by atoms with Gasteiger partial charge in [0.1, 0.15) is 5.75 Å². The molecular weight excluding hydrogens is 256 g/mol. The number of aromatic hydroxyl groups is 1. The van der Waals surface area contributed by atoms with Gasteiger partial charge in [-0.15, -0.1) is 11.8 Å². The average molecular weight is 270 g/mol. The number of carbonyl (C=O) groups excluding carboxylic acids is 1. The molecule has 2 aromatic rings. The van der Waals surface area contributed by atoms with Crippen LogP contribution in [0.25, 0.3) is 6.08 Å². The normalized spacial score (nSPS) is 10.8. The van der Waals surface area contributed by atoms with E-state index in [2.05, 4.69) is 0 Å². The van der Waals surface area contributed by atoms with E-state index in [9.17, 15) is 9.90 Å². The third kappa shape index (κ3) is 3.48. The molecule has 0 spiro atoms. The summed E-state index contributed by atoms with van der Waals surface area (Å²) >= 11 is 1.68. The molecule has 3 heteroatoms. The van der Waals surface area contributed by atoms with Gasteiger partial charge in [0.25, 0.3) is 0 Å². The van der Waals surface area contributed by atoms with Crippen LogP contribution in [0.1, 0.15) is 15.9 Å². The first-order chi connectivity index (χ1) is 9.20. The van der Waals surface area contributed by atoms with Crippen molar-refractivity contribution in [1.29, 1.82) is 0 Å². The van der Waals surface area contributed by atoms with E-state index < -0.39 is 0 Å². The van der Waals surface area contributed by atoms with E-state index in [1.807, 2.05) is 30.5 Å². The van der Waals surface area contributed by atoms with Gasteiger partial charge >= 0.3 is 0 Å². The molecule has 96 valence electrons. The van der Waals surface area contributed by atoms with Crippen molar-refractivity contribution in [2.24, 2.45) is 0 Å². The van der Waals surface area contributed by atoms with Crippen LogP contribution in [0.5, 0.6) is 5.75 Å². The second kappa shape index (κ2) is 6.25. The average Bonchev–Trinajstić information content (AvgIpc) is 2.46. The molecule has 2 nitrogen and oxygen atoms in total. The van der Waals surface area contributed by atoms with E-state index in [1.54, 1.807) is 36.0 Å². The maximum absolute atomic E-state index is 11.9. The number of thioether (sulfide) groups is 1. The molecule has 0 aliphatic rings. The first-order valence-corrected chi connectivity index (χ1v) is 7.07. The highest BCUT2D eigenvalue weighted by Gasteiger charge is 2.06. The summed E-state index contributed by atoms with van der Waals surface area (Å²) in [5.74, 6) is -0.193. The third-order valence-electron chi connectivity index (χ3n) is 2.71. The van der Waals surface area contributed by atoms with Crippen molar-refractivity contribution in [3.05, 3.63) is 65.7 Å². The molecule has 2 aromatic carbocycles. The summed E-state index contributed by atoms with van der Waals surface area (Å²) in [5.41, 5.74) is 1.28. The molecule has 2 rings (SSSR count). The Kier molecular flexibility index (Phi) is 4.42. The van der Waals surface area contributed by atoms with Crippen molar-refractivity contribution in [2.45, 2.75) is 4.90 Å². The SMILES string of the molecule is CSc1ccc(C=CC(=O)c2ccccc2O)cc1. The molecule has 0 aromatic heterocycles. The van der Waals surface area contributed by atoms with Crippen LogP contribution in [-0.4, -0.2) is 17.1 Å². The van der Waals surface area contributed by atoms with Crippen LogP contribution in [0, 0.1) is 0 Å².